The van der Waals surface area contributed by atoms with Gasteiger partial charge in [0, 0.05) is 40.9 Å². The second-order valence-corrected chi connectivity index (χ2v) is 11.4. The lowest BCUT2D eigenvalue weighted by atomic mass is 10.1. The Bertz CT molecular complexity index is 1680. The summed E-state index contributed by atoms with van der Waals surface area (Å²) in [5, 5.41) is 3.79. The third-order valence-electron chi connectivity index (χ3n) is 7.92. The maximum atomic E-state index is 3.53. The fraction of sp³-hybridized carbons (Fsp3) is 0.229. The number of nitrogens with zero attached hydrogens (tertiary/aromatic N) is 3. The highest BCUT2D eigenvalue weighted by molar-refractivity contribution is 8.03. The molecule has 0 bridgehead atoms. The molecule has 202 valence electrons. The van der Waals surface area contributed by atoms with E-state index in [0.29, 0.717) is 0 Å². The fourth-order valence-corrected chi connectivity index (χ4v) is 6.78. The minimum atomic E-state index is 1.01. The van der Waals surface area contributed by atoms with E-state index >= 15 is 0 Å². The normalized spacial score (nSPS) is 14.4. The van der Waals surface area contributed by atoms with Gasteiger partial charge in [0.2, 0.25) is 11.2 Å². The van der Waals surface area contributed by atoms with Crippen molar-refractivity contribution in [2.45, 2.75) is 25.2 Å². The van der Waals surface area contributed by atoms with Gasteiger partial charge >= 0.3 is 0 Å². The Kier molecular flexibility index (Phi) is 7.76. The number of aryl methyl sites for hydroxylation is 1. The molecular formula is C35H37N4S+. The molecule has 1 N–H and O–H groups in total. The molecule has 0 saturated carbocycles. The summed E-state index contributed by atoms with van der Waals surface area (Å²) in [5.41, 5.74) is 7.22. The average Bonchev–Trinajstić information content (AvgIpc) is 3.57. The van der Waals surface area contributed by atoms with Crippen LogP contribution in [0.2, 0.25) is 0 Å². The Morgan fingerprint density at radius 3 is 2.52 bits per heavy atom. The third-order valence-corrected chi connectivity index (χ3v) is 9.03. The lowest BCUT2D eigenvalue weighted by molar-refractivity contribution is -0.646. The summed E-state index contributed by atoms with van der Waals surface area (Å²) in [5.74, 6) is 0. The first-order valence-corrected chi connectivity index (χ1v) is 15.1. The molecular weight excluding hydrogens is 508 g/mol. The number of aromatic nitrogens is 2. The van der Waals surface area contributed by atoms with E-state index in [1.165, 1.54) is 37.5 Å². The molecule has 0 spiro atoms. The molecule has 0 fully saturated rings. The first-order chi connectivity index (χ1) is 19.6. The fourth-order valence-electron chi connectivity index (χ4n) is 5.64. The zero-order valence-electron chi connectivity index (χ0n) is 23.6. The molecule has 0 unspecified atom stereocenters. The molecule has 0 saturated heterocycles. The summed E-state index contributed by atoms with van der Waals surface area (Å²) in [6.45, 7) is 8.84. The van der Waals surface area contributed by atoms with Crippen molar-refractivity contribution in [3.05, 3.63) is 107 Å². The SMILES string of the molecule is CCN(CC)CCCN1/C(=C/c2cc(/C=C/c3cc4ccccc4[nH]3)[n+](C)c3ccccc23)Sc2ccccc21. The monoisotopic (exact) mass is 545 g/mol. The van der Waals surface area contributed by atoms with E-state index in [9.17, 15) is 0 Å². The number of rotatable bonds is 9. The molecule has 0 atom stereocenters. The number of anilines is 1. The van der Waals surface area contributed by atoms with Crippen LogP contribution in [0.25, 0.3) is 40.0 Å². The lowest BCUT2D eigenvalue weighted by Gasteiger charge is -2.23. The van der Waals surface area contributed by atoms with E-state index in [2.05, 4.69) is 143 Å². The molecule has 0 radical (unpaired) electrons. The van der Waals surface area contributed by atoms with E-state index in [1.807, 2.05) is 11.8 Å². The van der Waals surface area contributed by atoms with Crippen LogP contribution < -0.4 is 9.47 Å². The van der Waals surface area contributed by atoms with Crippen LogP contribution in [0.1, 0.15) is 37.2 Å². The Morgan fingerprint density at radius 2 is 1.68 bits per heavy atom. The molecule has 6 rings (SSSR count). The van der Waals surface area contributed by atoms with E-state index < -0.39 is 0 Å². The zero-order valence-corrected chi connectivity index (χ0v) is 24.4. The van der Waals surface area contributed by atoms with Gasteiger partial charge in [-0.1, -0.05) is 68.1 Å². The number of pyridine rings is 1. The van der Waals surface area contributed by atoms with Crippen LogP contribution in [0.5, 0.6) is 0 Å². The maximum absolute atomic E-state index is 3.53. The number of para-hydroxylation sites is 3. The minimum Gasteiger partial charge on any atom is -0.355 e. The van der Waals surface area contributed by atoms with Crippen LogP contribution in [-0.4, -0.2) is 36.1 Å². The van der Waals surface area contributed by atoms with E-state index in [4.69, 9.17) is 0 Å². The Balaban J connectivity index is 1.37. The Hall–Kier alpha value is -3.80. The van der Waals surface area contributed by atoms with E-state index in [-0.39, 0.29) is 0 Å². The quantitative estimate of drug-likeness (QED) is 0.190. The molecule has 2 aromatic heterocycles. The van der Waals surface area contributed by atoms with Gasteiger partial charge in [0.1, 0.15) is 7.05 Å². The molecule has 5 heteroatoms. The summed E-state index contributed by atoms with van der Waals surface area (Å²) in [7, 11) is 2.16. The predicted octanol–water partition coefficient (Wildman–Crippen LogP) is 7.96. The largest absolute Gasteiger partial charge is 0.355 e. The molecule has 3 heterocycles. The van der Waals surface area contributed by atoms with Gasteiger partial charge in [-0.25, -0.2) is 0 Å². The minimum absolute atomic E-state index is 1.01. The highest BCUT2D eigenvalue weighted by Crippen LogP contribution is 2.46. The molecule has 3 aromatic carbocycles. The van der Waals surface area contributed by atoms with Gasteiger partial charge in [0.25, 0.3) is 0 Å². The highest BCUT2D eigenvalue weighted by atomic mass is 32.2. The molecule has 0 aliphatic carbocycles. The van der Waals surface area contributed by atoms with Gasteiger partial charge < -0.3 is 14.8 Å². The van der Waals surface area contributed by atoms with Crippen LogP contribution in [-0.2, 0) is 7.05 Å². The number of thioether (sulfide) groups is 1. The van der Waals surface area contributed by atoms with Crippen molar-refractivity contribution in [3.8, 4) is 0 Å². The number of benzene rings is 3. The summed E-state index contributed by atoms with van der Waals surface area (Å²) in [6.07, 6.45) is 7.93. The first-order valence-electron chi connectivity index (χ1n) is 14.3. The van der Waals surface area contributed by atoms with Crippen LogP contribution in [0.4, 0.5) is 5.69 Å². The summed E-state index contributed by atoms with van der Waals surface area (Å²) < 4.78 is 2.29. The number of aromatic amines is 1. The van der Waals surface area contributed by atoms with Gasteiger partial charge in [0.05, 0.1) is 16.1 Å². The second kappa shape index (κ2) is 11.7. The number of hydrogen-bond donors (Lipinski definition) is 1. The van der Waals surface area contributed by atoms with Gasteiger partial charge in [0.15, 0.2) is 0 Å². The van der Waals surface area contributed by atoms with Crippen LogP contribution >= 0.6 is 11.8 Å². The molecule has 1 aliphatic rings. The first kappa shape index (κ1) is 26.4. The predicted molar refractivity (Wildman–Crippen MR) is 172 cm³/mol. The van der Waals surface area contributed by atoms with Crippen molar-refractivity contribution in [1.29, 1.82) is 0 Å². The molecule has 0 amide bonds. The summed E-state index contributed by atoms with van der Waals surface area (Å²) in [6, 6.07) is 30.5. The number of nitrogens with one attached hydrogen (secondary N) is 1. The van der Waals surface area contributed by atoms with Crippen LogP contribution in [0.15, 0.2) is 94.9 Å². The summed E-state index contributed by atoms with van der Waals surface area (Å²) >= 11 is 1.88. The molecule has 4 nitrogen and oxygen atoms in total. The van der Waals surface area contributed by atoms with Gasteiger partial charge in [-0.2, -0.15) is 4.57 Å². The molecule has 40 heavy (non-hydrogen) atoms. The smallest absolute Gasteiger partial charge is 0.213 e. The van der Waals surface area contributed by atoms with Crippen molar-refractivity contribution in [3.63, 3.8) is 0 Å². The Morgan fingerprint density at radius 1 is 0.900 bits per heavy atom. The molecule has 1 aliphatic heterocycles. The van der Waals surface area contributed by atoms with Gasteiger partial charge in [-0.05, 0) is 79.5 Å². The lowest BCUT2D eigenvalue weighted by Crippen LogP contribution is -2.33. The van der Waals surface area contributed by atoms with Gasteiger partial charge in [-0.15, -0.1) is 0 Å². The zero-order chi connectivity index (χ0) is 27.5. The number of hydrogen-bond acceptors (Lipinski definition) is 3. The van der Waals surface area contributed by atoms with E-state index in [0.717, 1.165) is 49.5 Å². The van der Waals surface area contributed by atoms with Gasteiger partial charge in [-0.3, -0.25) is 0 Å². The number of fused-ring (bicyclic) bond motifs is 3. The molecule has 5 aromatic rings. The average molecular weight is 546 g/mol. The standard InChI is InChI=1S/C35H36N4S/c1-4-38(5-2)21-12-22-39-33-17-10-11-18-34(33)40-35(39)25-27-24-29(37(3)32-16-9-7-14-30(27)32)20-19-28-23-26-13-6-8-15-31(26)36-28/h6-11,13-20,23-25H,4-5,12,21-22H2,1-3H3/p+1/b35-25-. The van der Waals surface area contributed by atoms with E-state index in [1.54, 1.807) is 0 Å². The second-order valence-electron chi connectivity index (χ2n) is 10.3. The van der Waals surface area contributed by atoms with Crippen molar-refractivity contribution in [2.75, 3.05) is 31.1 Å². The van der Waals surface area contributed by atoms with Crippen molar-refractivity contribution < 1.29 is 4.57 Å². The van der Waals surface area contributed by atoms with Crippen LogP contribution in [0, 0.1) is 0 Å². The van der Waals surface area contributed by atoms with Crippen molar-refractivity contribution >= 4 is 57.5 Å². The third kappa shape index (κ3) is 5.32. The topological polar surface area (TPSA) is 26.1 Å². The van der Waals surface area contributed by atoms with Crippen LogP contribution in [0.3, 0.4) is 0 Å². The Labute approximate surface area is 241 Å². The maximum Gasteiger partial charge on any atom is 0.213 e. The highest BCUT2D eigenvalue weighted by Gasteiger charge is 2.25. The van der Waals surface area contributed by atoms with Crippen molar-refractivity contribution in [2.24, 2.45) is 7.05 Å². The number of H-pyrrole nitrogens is 1. The summed E-state index contributed by atoms with van der Waals surface area (Å²) in [4.78, 5) is 9.89. The van der Waals surface area contributed by atoms with Crippen molar-refractivity contribution in [1.82, 2.24) is 9.88 Å².